The maximum absolute atomic E-state index is 11.8. The number of fused-ring (bicyclic) bond motifs is 1. The van der Waals surface area contributed by atoms with E-state index in [2.05, 4.69) is 17.1 Å². The first kappa shape index (κ1) is 9.21. The van der Waals surface area contributed by atoms with Gasteiger partial charge in [-0.1, -0.05) is 6.08 Å². The SMILES string of the molecule is C=CCCN1N=CN2NCCC2C1=O. The normalized spacial score (nSPS) is 25.4. The molecule has 5 heteroatoms. The van der Waals surface area contributed by atoms with Crippen LogP contribution in [0.2, 0.25) is 0 Å². The second kappa shape index (κ2) is 3.79. The van der Waals surface area contributed by atoms with Gasteiger partial charge in [0, 0.05) is 13.1 Å². The van der Waals surface area contributed by atoms with E-state index >= 15 is 0 Å². The number of carbonyl (C=O) groups excluding carboxylic acids is 1. The van der Waals surface area contributed by atoms with Crippen molar-refractivity contribution in [2.75, 3.05) is 13.1 Å². The lowest BCUT2D eigenvalue weighted by Crippen LogP contribution is -2.50. The molecule has 0 aromatic carbocycles. The highest BCUT2D eigenvalue weighted by Gasteiger charge is 2.35. The number of rotatable bonds is 3. The van der Waals surface area contributed by atoms with E-state index in [1.807, 2.05) is 0 Å². The van der Waals surface area contributed by atoms with Crippen LogP contribution in [0.1, 0.15) is 12.8 Å². The van der Waals surface area contributed by atoms with E-state index < -0.39 is 0 Å². The largest absolute Gasteiger partial charge is 0.284 e. The molecule has 1 atom stereocenters. The lowest BCUT2D eigenvalue weighted by Gasteiger charge is -2.29. The molecule has 1 N–H and O–H groups in total. The monoisotopic (exact) mass is 194 g/mol. The third-order valence-corrected chi connectivity index (χ3v) is 2.45. The predicted octanol–water partition coefficient (Wildman–Crippen LogP) is -0.0731. The Morgan fingerprint density at radius 2 is 2.64 bits per heavy atom. The molecule has 0 saturated carbocycles. The van der Waals surface area contributed by atoms with Crippen molar-refractivity contribution in [3.05, 3.63) is 12.7 Å². The number of amides is 1. The summed E-state index contributed by atoms with van der Waals surface area (Å²) in [5.74, 6) is 0.0827. The van der Waals surface area contributed by atoms with Crippen LogP contribution in [0, 0.1) is 0 Å². The van der Waals surface area contributed by atoms with Gasteiger partial charge in [-0.2, -0.15) is 5.10 Å². The van der Waals surface area contributed by atoms with E-state index in [0.717, 1.165) is 19.4 Å². The van der Waals surface area contributed by atoms with Crippen molar-refractivity contribution in [1.82, 2.24) is 15.4 Å². The van der Waals surface area contributed by atoms with E-state index in [9.17, 15) is 4.79 Å². The summed E-state index contributed by atoms with van der Waals surface area (Å²) in [5, 5.41) is 7.37. The van der Waals surface area contributed by atoms with E-state index in [1.54, 1.807) is 17.4 Å². The first-order chi connectivity index (χ1) is 6.83. The van der Waals surface area contributed by atoms with Crippen LogP contribution in [0.5, 0.6) is 0 Å². The Balaban J connectivity index is 2.04. The van der Waals surface area contributed by atoms with Crippen molar-refractivity contribution in [3.63, 3.8) is 0 Å². The lowest BCUT2D eigenvalue weighted by atomic mass is 10.2. The molecule has 0 aromatic rings. The molecule has 5 nitrogen and oxygen atoms in total. The molecule has 14 heavy (non-hydrogen) atoms. The smallest absolute Gasteiger partial charge is 0.267 e. The highest BCUT2D eigenvalue weighted by atomic mass is 16.2. The molecule has 1 amide bonds. The fraction of sp³-hybridized carbons (Fsp3) is 0.556. The van der Waals surface area contributed by atoms with Crippen molar-refractivity contribution in [3.8, 4) is 0 Å². The summed E-state index contributed by atoms with van der Waals surface area (Å²) in [4.78, 5) is 11.8. The molecule has 2 rings (SSSR count). The summed E-state index contributed by atoms with van der Waals surface area (Å²) in [6.07, 6.45) is 5.11. The van der Waals surface area contributed by atoms with Gasteiger partial charge in [0.15, 0.2) is 0 Å². The van der Waals surface area contributed by atoms with Crippen molar-refractivity contribution >= 4 is 12.2 Å². The number of hydrogen-bond donors (Lipinski definition) is 1. The number of hydrazone groups is 1. The number of hydrogen-bond acceptors (Lipinski definition) is 4. The quantitative estimate of drug-likeness (QED) is 0.640. The zero-order chi connectivity index (χ0) is 9.97. The molecule has 2 aliphatic heterocycles. The molecule has 0 spiro atoms. The number of nitrogens with one attached hydrogen (secondary N) is 1. The van der Waals surface area contributed by atoms with Gasteiger partial charge >= 0.3 is 0 Å². The second-order valence-corrected chi connectivity index (χ2v) is 3.39. The second-order valence-electron chi connectivity index (χ2n) is 3.39. The van der Waals surface area contributed by atoms with Crippen LogP contribution in [-0.4, -0.2) is 41.4 Å². The van der Waals surface area contributed by atoms with Crippen LogP contribution in [0.3, 0.4) is 0 Å². The fourth-order valence-corrected chi connectivity index (χ4v) is 1.67. The third kappa shape index (κ3) is 1.50. The Labute approximate surface area is 83.0 Å². The molecule has 2 aliphatic rings. The zero-order valence-electron chi connectivity index (χ0n) is 8.02. The Bertz CT molecular complexity index is 276. The van der Waals surface area contributed by atoms with E-state index in [0.29, 0.717) is 6.54 Å². The van der Waals surface area contributed by atoms with Gasteiger partial charge in [-0.25, -0.2) is 10.4 Å². The molecule has 1 unspecified atom stereocenters. The minimum absolute atomic E-state index is 0.0580. The van der Waals surface area contributed by atoms with Crippen LogP contribution in [-0.2, 0) is 4.79 Å². The summed E-state index contributed by atoms with van der Waals surface area (Å²) in [6.45, 7) is 5.10. The van der Waals surface area contributed by atoms with Crippen LogP contribution in [0.4, 0.5) is 0 Å². The molecule has 1 saturated heterocycles. The molecule has 2 heterocycles. The molecule has 0 bridgehead atoms. The number of carbonyl (C=O) groups is 1. The fourth-order valence-electron chi connectivity index (χ4n) is 1.67. The van der Waals surface area contributed by atoms with Crippen molar-refractivity contribution in [2.45, 2.75) is 18.9 Å². The Morgan fingerprint density at radius 1 is 1.79 bits per heavy atom. The van der Waals surface area contributed by atoms with Gasteiger partial charge in [-0.3, -0.25) is 9.80 Å². The van der Waals surface area contributed by atoms with E-state index in [4.69, 9.17) is 0 Å². The maximum atomic E-state index is 11.8. The van der Waals surface area contributed by atoms with Gasteiger partial charge in [0.25, 0.3) is 5.91 Å². The summed E-state index contributed by atoms with van der Waals surface area (Å²) in [7, 11) is 0. The number of nitrogens with zero attached hydrogens (tertiary/aromatic N) is 3. The Morgan fingerprint density at radius 3 is 3.43 bits per heavy atom. The van der Waals surface area contributed by atoms with Crippen molar-refractivity contribution < 1.29 is 4.79 Å². The van der Waals surface area contributed by atoms with Gasteiger partial charge in [-0.05, 0) is 12.8 Å². The minimum Gasteiger partial charge on any atom is -0.284 e. The molecular formula is C9H14N4O. The molecular weight excluding hydrogens is 180 g/mol. The molecule has 76 valence electrons. The Kier molecular flexibility index (Phi) is 2.49. The molecule has 0 radical (unpaired) electrons. The van der Waals surface area contributed by atoms with Crippen LogP contribution in [0.25, 0.3) is 0 Å². The van der Waals surface area contributed by atoms with Crippen molar-refractivity contribution in [1.29, 1.82) is 0 Å². The zero-order valence-corrected chi connectivity index (χ0v) is 8.02. The number of hydrazine groups is 1. The van der Waals surface area contributed by atoms with Crippen molar-refractivity contribution in [2.24, 2.45) is 5.10 Å². The van der Waals surface area contributed by atoms with E-state index in [1.165, 1.54) is 5.01 Å². The Hall–Kier alpha value is -1.36. The summed E-state index contributed by atoms with van der Waals surface area (Å²) < 4.78 is 0. The van der Waals surface area contributed by atoms with Gasteiger partial charge in [-0.15, -0.1) is 6.58 Å². The highest BCUT2D eigenvalue weighted by Crippen LogP contribution is 2.15. The van der Waals surface area contributed by atoms with E-state index in [-0.39, 0.29) is 11.9 Å². The molecule has 0 aromatic heterocycles. The van der Waals surface area contributed by atoms with Crippen LogP contribution < -0.4 is 5.43 Å². The minimum atomic E-state index is -0.0580. The van der Waals surface area contributed by atoms with Crippen LogP contribution in [0.15, 0.2) is 17.8 Å². The van der Waals surface area contributed by atoms with Gasteiger partial charge in [0.2, 0.25) is 0 Å². The standard InChI is InChI=1S/C9H14N4O/c1-2-3-6-12-9(14)8-4-5-10-13(8)7-11-12/h2,7-8,10H,1,3-6H2. The molecule has 0 aliphatic carbocycles. The molecule has 1 fully saturated rings. The summed E-state index contributed by atoms with van der Waals surface area (Å²) >= 11 is 0. The highest BCUT2D eigenvalue weighted by molar-refractivity contribution is 5.87. The first-order valence-corrected chi connectivity index (χ1v) is 4.81. The van der Waals surface area contributed by atoms with Crippen LogP contribution >= 0.6 is 0 Å². The summed E-state index contributed by atoms with van der Waals surface area (Å²) in [6, 6.07) is -0.0580. The van der Waals surface area contributed by atoms with Gasteiger partial charge in [0.05, 0.1) is 0 Å². The maximum Gasteiger partial charge on any atom is 0.267 e. The van der Waals surface area contributed by atoms with Gasteiger partial charge < -0.3 is 0 Å². The van der Waals surface area contributed by atoms with Gasteiger partial charge in [0.1, 0.15) is 12.4 Å². The topological polar surface area (TPSA) is 47.9 Å². The average molecular weight is 194 g/mol. The first-order valence-electron chi connectivity index (χ1n) is 4.81. The summed E-state index contributed by atoms with van der Waals surface area (Å²) in [5.41, 5.74) is 3.08. The third-order valence-electron chi connectivity index (χ3n) is 2.45. The lowest BCUT2D eigenvalue weighted by molar-refractivity contribution is -0.136. The average Bonchev–Trinajstić information content (AvgIpc) is 2.66. The predicted molar refractivity (Wildman–Crippen MR) is 53.3 cm³/mol.